The number of aromatic amines is 1. The fraction of sp³-hybridized carbons (Fsp3) is 0.600. The van der Waals surface area contributed by atoms with E-state index in [1.807, 2.05) is 0 Å². The highest BCUT2D eigenvalue weighted by Crippen LogP contribution is 2.32. The van der Waals surface area contributed by atoms with Gasteiger partial charge in [-0.15, -0.1) is 0 Å². The normalized spacial score (nSPS) is 24.5. The SMILES string of the molecule is CO[C@H]1[C@@H](O)[C@H](n2cnc3c(=O)[nH]c(NC(=O)C(C)C)nc32)O[C@@H]1CN=[N+]=[N-]. The number of rotatable bonds is 6. The third-order valence-electron chi connectivity index (χ3n) is 4.38. The molecule has 0 aromatic carbocycles. The second kappa shape index (κ2) is 7.94. The lowest BCUT2D eigenvalue weighted by Crippen LogP contribution is -2.34. The molecular weight excluding hydrogens is 372 g/mol. The zero-order valence-electron chi connectivity index (χ0n) is 15.4. The Kier molecular flexibility index (Phi) is 5.61. The Labute approximate surface area is 158 Å². The van der Waals surface area contributed by atoms with E-state index in [4.69, 9.17) is 15.0 Å². The zero-order chi connectivity index (χ0) is 20.4. The lowest BCUT2D eigenvalue weighted by Gasteiger charge is -2.18. The molecule has 0 aliphatic carbocycles. The van der Waals surface area contributed by atoms with Gasteiger partial charge in [0.15, 0.2) is 17.4 Å². The number of nitrogens with one attached hydrogen (secondary N) is 2. The highest BCUT2D eigenvalue weighted by Gasteiger charge is 2.45. The van der Waals surface area contributed by atoms with Crippen LogP contribution in [0.5, 0.6) is 0 Å². The van der Waals surface area contributed by atoms with Gasteiger partial charge in [-0.25, -0.2) is 4.98 Å². The Morgan fingerprint density at radius 2 is 2.36 bits per heavy atom. The first-order valence-electron chi connectivity index (χ1n) is 8.52. The number of amides is 1. The summed E-state index contributed by atoms with van der Waals surface area (Å²) in [7, 11) is 1.40. The quantitative estimate of drug-likeness (QED) is 0.359. The molecule has 3 N–H and O–H groups in total. The van der Waals surface area contributed by atoms with Crippen molar-refractivity contribution >= 4 is 23.0 Å². The van der Waals surface area contributed by atoms with Gasteiger partial charge in [0.05, 0.1) is 19.0 Å². The summed E-state index contributed by atoms with van der Waals surface area (Å²) >= 11 is 0. The molecule has 1 aliphatic heterocycles. The van der Waals surface area contributed by atoms with Crippen LogP contribution in [0.15, 0.2) is 16.2 Å². The van der Waals surface area contributed by atoms with Crippen molar-refractivity contribution in [3.8, 4) is 0 Å². The number of aromatic nitrogens is 4. The number of ether oxygens (including phenoxy) is 2. The summed E-state index contributed by atoms with van der Waals surface area (Å²) in [5, 5.41) is 16.6. The molecule has 1 amide bonds. The van der Waals surface area contributed by atoms with Gasteiger partial charge in [-0.2, -0.15) is 4.98 Å². The van der Waals surface area contributed by atoms with E-state index in [-0.39, 0.29) is 35.5 Å². The summed E-state index contributed by atoms with van der Waals surface area (Å²) in [5.41, 5.74) is 8.10. The molecule has 0 spiro atoms. The lowest BCUT2D eigenvalue weighted by atomic mass is 10.1. The zero-order valence-corrected chi connectivity index (χ0v) is 15.4. The van der Waals surface area contributed by atoms with Gasteiger partial charge in [0.1, 0.15) is 12.2 Å². The lowest BCUT2D eigenvalue weighted by molar-refractivity contribution is -0.118. The number of methoxy groups -OCH3 is 1. The molecule has 3 heterocycles. The van der Waals surface area contributed by atoms with E-state index < -0.39 is 30.1 Å². The monoisotopic (exact) mass is 392 g/mol. The number of H-pyrrole nitrogens is 1. The number of aliphatic hydroxyl groups excluding tert-OH is 1. The first-order chi connectivity index (χ1) is 13.4. The molecule has 13 heteroatoms. The number of imidazole rings is 1. The Morgan fingerprint density at radius 1 is 1.61 bits per heavy atom. The molecule has 150 valence electrons. The van der Waals surface area contributed by atoms with Crippen LogP contribution in [0.25, 0.3) is 21.6 Å². The average Bonchev–Trinajstić information content (AvgIpc) is 3.20. The maximum absolute atomic E-state index is 12.3. The molecule has 0 unspecified atom stereocenters. The highest BCUT2D eigenvalue weighted by atomic mass is 16.6. The summed E-state index contributed by atoms with van der Waals surface area (Å²) in [6.07, 6.45) is -2.25. The van der Waals surface area contributed by atoms with Gasteiger partial charge in [0.2, 0.25) is 11.9 Å². The number of anilines is 1. The van der Waals surface area contributed by atoms with Gasteiger partial charge in [-0.1, -0.05) is 19.0 Å². The first kappa shape index (κ1) is 19.8. The van der Waals surface area contributed by atoms with Crippen LogP contribution in [0.1, 0.15) is 20.1 Å². The fourth-order valence-electron chi connectivity index (χ4n) is 2.94. The Balaban J connectivity index is 1.99. The Bertz CT molecular complexity index is 978. The van der Waals surface area contributed by atoms with Gasteiger partial charge < -0.3 is 14.6 Å². The third kappa shape index (κ3) is 3.55. The minimum absolute atomic E-state index is 0.0193. The van der Waals surface area contributed by atoms with Crippen molar-refractivity contribution in [2.24, 2.45) is 11.0 Å². The molecule has 1 fully saturated rings. The molecule has 3 rings (SSSR count). The largest absolute Gasteiger partial charge is 0.386 e. The van der Waals surface area contributed by atoms with Crippen LogP contribution >= 0.6 is 0 Å². The third-order valence-corrected chi connectivity index (χ3v) is 4.38. The maximum atomic E-state index is 12.3. The van der Waals surface area contributed by atoms with Gasteiger partial charge in [0.25, 0.3) is 5.56 Å². The number of hydrogen-bond acceptors (Lipinski definition) is 8. The van der Waals surface area contributed by atoms with Crippen LogP contribution in [0.3, 0.4) is 0 Å². The maximum Gasteiger partial charge on any atom is 0.280 e. The van der Waals surface area contributed by atoms with Crippen LogP contribution in [0.2, 0.25) is 0 Å². The molecule has 0 bridgehead atoms. The van der Waals surface area contributed by atoms with Gasteiger partial charge in [0, 0.05) is 17.9 Å². The molecule has 1 aliphatic rings. The Hall–Kier alpha value is -2.99. The average molecular weight is 392 g/mol. The van der Waals surface area contributed by atoms with Crippen molar-refractivity contribution in [2.75, 3.05) is 19.0 Å². The number of carbonyl (C=O) groups is 1. The predicted octanol–water partition coefficient (Wildman–Crippen LogP) is 0.298. The van der Waals surface area contributed by atoms with E-state index in [2.05, 4.69) is 30.3 Å². The summed E-state index contributed by atoms with van der Waals surface area (Å²) in [5.74, 6) is -0.672. The van der Waals surface area contributed by atoms with E-state index in [1.165, 1.54) is 18.0 Å². The van der Waals surface area contributed by atoms with E-state index in [0.717, 1.165) is 0 Å². The fourth-order valence-corrected chi connectivity index (χ4v) is 2.94. The van der Waals surface area contributed by atoms with E-state index >= 15 is 0 Å². The van der Waals surface area contributed by atoms with Crippen LogP contribution in [-0.4, -0.2) is 62.5 Å². The van der Waals surface area contributed by atoms with E-state index in [1.54, 1.807) is 13.8 Å². The number of carbonyl (C=O) groups excluding carboxylic acids is 1. The molecule has 0 saturated carbocycles. The van der Waals surface area contributed by atoms with Crippen molar-refractivity contribution in [2.45, 2.75) is 38.4 Å². The molecule has 4 atom stereocenters. The van der Waals surface area contributed by atoms with Gasteiger partial charge >= 0.3 is 0 Å². The molecule has 28 heavy (non-hydrogen) atoms. The topological polar surface area (TPSA) is 180 Å². The second-order valence-corrected chi connectivity index (χ2v) is 6.55. The molecule has 2 aromatic rings. The van der Waals surface area contributed by atoms with Crippen molar-refractivity contribution in [1.29, 1.82) is 0 Å². The van der Waals surface area contributed by atoms with Crippen molar-refractivity contribution in [3.63, 3.8) is 0 Å². The smallest absolute Gasteiger partial charge is 0.280 e. The van der Waals surface area contributed by atoms with E-state index in [0.29, 0.717) is 0 Å². The van der Waals surface area contributed by atoms with Crippen LogP contribution < -0.4 is 10.9 Å². The number of aliphatic hydroxyl groups is 1. The molecule has 1 saturated heterocycles. The van der Waals surface area contributed by atoms with Gasteiger partial charge in [-0.05, 0) is 5.53 Å². The minimum atomic E-state index is -1.13. The van der Waals surface area contributed by atoms with Gasteiger partial charge in [-0.3, -0.25) is 24.5 Å². The predicted molar refractivity (Wildman–Crippen MR) is 96.3 cm³/mol. The number of hydrogen-bond donors (Lipinski definition) is 3. The first-order valence-corrected chi connectivity index (χ1v) is 8.52. The summed E-state index contributed by atoms with van der Waals surface area (Å²) in [6, 6.07) is 0. The van der Waals surface area contributed by atoms with Crippen molar-refractivity contribution in [3.05, 3.63) is 27.1 Å². The van der Waals surface area contributed by atoms with Crippen LogP contribution in [0.4, 0.5) is 5.95 Å². The number of fused-ring (bicyclic) bond motifs is 1. The summed E-state index contributed by atoms with van der Waals surface area (Å²) in [4.78, 5) is 37.6. The highest BCUT2D eigenvalue weighted by molar-refractivity contribution is 5.91. The Morgan fingerprint density at radius 3 is 3.00 bits per heavy atom. The standard InChI is InChI=1S/C15H20N8O5/c1-6(2)12(25)20-15-19-11-8(13(26)21-15)17-5-23(11)14-9(24)10(27-3)7(28-14)4-18-22-16/h5-7,9-10,14,24H,4H2,1-3H3,(H2,19,20,21,25,26)/t7-,9-,10-,14-/m1/s1. The van der Waals surface area contributed by atoms with Crippen LogP contribution in [-0.2, 0) is 14.3 Å². The second-order valence-electron chi connectivity index (χ2n) is 6.55. The van der Waals surface area contributed by atoms with Crippen LogP contribution in [0, 0.1) is 5.92 Å². The van der Waals surface area contributed by atoms with Crippen molar-refractivity contribution < 1.29 is 19.4 Å². The summed E-state index contributed by atoms with van der Waals surface area (Å²) in [6.45, 7) is 3.36. The number of nitrogens with zero attached hydrogens (tertiary/aromatic N) is 6. The molecule has 13 nitrogen and oxygen atoms in total. The van der Waals surface area contributed by atoms with Crippen molar-refractivity contribution in [1.82, 2.24) is 19.5 Å². The minimum Gasteiger partial charge on any atom is -0.386 e. The molecule has 0 radical (unpaired) electrons. The molecule has 2 aromatic heterocycles. The molecular formula is C15H20N8O5. The van der Waals surface area contributed by atoms with E-state index in [9.17, 15) is 14.7 Å². The number of azide groups is 1. The summed E-state index contributed by atoms with van der Waals surface area (Å²) < 4.78 is 12.4.